The van der Waals surface area contributed by atoms with Crippen LogP contribution in [0.25, 0.3) is 0 Å². The van der Waals surface area contributed by atoms with Gasteiger partial charge >= 0.3 is 6.18 Å². The van der Waals surface area contributed by atoms with Crippen LogP contribution in [0.4, 0.5) is 24.5 Å². The summed E-state index contributed by atoms with van der Waals surface area (Å²) in [4.78, 5) is 33.8. The van der Waals surface area contributed by atoms with Crippen molar-refractivity contribution in [2.75, 3.05) is 25.0 Å². The Hall–Kier alpha value is -3.34. The Labute approximate surface area is 173 Å². The molecule has 0 bridgehead atoms. The Balaban J connectivity index is 1.82. The highest BCUT2D eigenvalue weighted by Crippen LogP contribution is 2.34. The third kappa shape index (κ3) is 6.34. The van der Waals surface area contributed by atoms with Gasteiger partial charge in [0.25, 0.3) is 11.6 Å². The number of amides is 2. The summed E-state index contributed by atoms with van der Waals surface area (Å²) in [5, 5.41) is 18.7. The number of halogens is 4. The third-order valence-corrected chi connectivity index (χ3v) is 4.14. The van der Waals surface area contributed by atoms with E-state index in [0.717, 1.165) is 12.1 Å². The SMILES string of the molecule is O=C(CNC(=O)c1ccccc1Cl)NCCNc1ccc(C(F)(F)F)cc1[N+](=O)[O-]. The van der Waals surface area contributed by atoms with Crippen LogP contribution >= 0.6 is 11.6 Å². The van der Waals surface area contributed by atoms with Crippen molar-refractivity contribution in [2.24, 2.45) is 0 Å². The minimum Gasteiger partial charge on any atom is -0.378 e. The number of hydrogen-bond donors (Lipinski definition) is 3. The quantitative estimate of drug-likeness (QED) is 0.328. The fourth-order valence-corrected chi connectivity index (χ4v) is 2.59. The highest BCUT2D eigenvalue weighted by atomic mass is 35.5. The number of nitrogens with one attached hydrogen (secondary N) is 3. The first kappa shape index (κ1) is 22.9. The van der Waals surface area contributed by atoms with Crippen molar-refractivity contribution in [3.8, 4) is 0 Å². The zero-order chi connectivity index (χ0) is 22.3. The molecule has 0 saturated heterocycles. The number of carbonyl (C=O) groups is 2. The molecule has 0 fully saturated rings. The van der Waals surface area contributed by atoms with E-state index in [0.29, 0.717) is 6.07 Å². The Morgan fingerprint density at radius 2 is 1.77 bits per heavy atom. The van der Waals surface area contributed by atoms with E-state index in [9.17, 15) is 32.9 Å². The van der Waals surface area contributed by atoms with Crippen LogP contribution in [0.5, 0.6) is 0 Å². The average Bonchev–Trinajstić information content (AvgIpc) is 2.69. The molecule has 3 N–H and O–H groups in total. The maximum Gasteiger partial charge on any atom is 0.416 e. The molecule has 2 rings (SSSR count). The number of anilines is 1. The molecule has 0 aliphatic carbocycles. The molecule has 0 atom stereocenters. The minimum absolute atomic E-state index is 0.0103. The number of benzene rings is 2. The Bertz CT molecular complexity index is 953. The van der Waals surface area contributed by atoms with E-state index in [1.165, 1.54) is 12.1 Å². The fourth-order valence-electron chi connectivity index (χ4n) is 2.37. The van der Waals surface area contributed by atoms with Crippen molar-refractivity contribution < 1.29 is 27.7 Å². The van der Waals surface area contributed by atoms with E-state index >= 15 is 0 Å². The summed E-state index contributed by atoms with van der Waals surface area (Å²) in [6, 6.07) is 8.40. The minimum atomic E-state index is -4.70. The Morgan fingerprint density at radius 3 is 2.40 bits per heavy atom. The topological polar surface area (TPSA) is 113 Å². The highest BCUT2D eigenvalue weighted by molar-refractivity contribution is 6.33. The number of alkyl halides is 3. The van der Waals surface area contributed by atoms with Crippen LogP contribution in [0.1, 0.15) is 15.9 Å². The zero-order valence-electron chi connectivity index (χ0n) is 15.3. The van der Waals surface area contributed by atoms with Crippen LogP contribution in [0.3, 0.4) is 0 Å². The smallest absolute Gasteiger partial charge is 0.378 e. The van der Waals surface area contributed by atoms with Crippen LogP contribution in [0, 0.1) is 10.1 Å². The van der Waals surface area contributed by atoms with Crippen LogP contribution in [-0.4, -0.2) is 36.4 Å². The molecule has 2 amide bonds. The van der Waals surface area contributed by atoms with Gasteiger partial charge in [0, 0.05) is 19.2 Å². The molecular weight excluding hydrogens is 429 g/mol. The standard InChI is InChI=1S/C18H16ClF3N4O4/c19-13-4-2-1-3-12(13)17(28)25-10-16(27)24-8-7-23-14-6-5-11(18(20,21)22)9-15(14)26(29)30/h1-6,9,23H,7-8,10H2,(H,24,27)(H,25,28). The van der Waals surface area contributed by atoms with Crippen LogP contribution in [0.15, 0.2) is 42.5 Å². The lowest BCUT2D eigenvalue weighted by atomic mass is 10.1. The molecule has 2 aromatic rings. The molecule has 12 heteroatoms. The molecule has 0 aliphatic heterocycles. The van der Waals surface area contributed by atoms with E-state index in [1.807, 2.05) is 0 Å². The number of carbonyl (C=O) groups excluding carboxylic acids is 2. The van der Waals surface area contributed by atoms with E-state index in [1.54, 1.807) is 12.1 Å². The molecule has 0 aromatic heterocycles. The summed E-state index contributed by atoms with van der Waals surface area (Å²) >= 11 is 5.88. The predicted octanol–water partition coefficient (Wildman–Crippen LogP) is 3.23. The van der Waals surface area contributed by atoms with Gasteiger partial charge in [-0.2, -0.15) is 13.2 Å². The predicted molar refractivity (Wildman–Crippen MR) is 103 cm³/mol. The Morgan fingerprint density at radius 1 is 1.07 bits per heavy atom. The van der Waals surface area contributed by atoms with Crippen LogP contribution in [0.2, 0.25) is 5.02 Å². The van der Waals surface area contributed by atoms with Crippen LogP contribution in [-0.2, 0) is 11.0 Å². The highest BCUT2D eigenvalue weighted by Gasteiger charge is 2.33. The van der Waals surface area contributed by atoms with E-state index < -0.39 is 34.2 Å². The van der Waals surface area contributed by atoms with E-state index in [-0.39, 0.29) is 35.9 Å². The largest absolute Gasteiger partial charge is 0.416 e. The van der Waals surface area contributed by atoms with E-state index in [2.05, 4.69) is 16.0 Å². The van der Waals surface area contributed by atoms with Crippen molar-refractivity contribution in [2.45, 2.75) is 6.18 Å². The van der Waals surface area contributed by atoms with Crippen molar-refractivity contribution in [1.82, 2.24) is 10.6 Å². The van der Waals surface area contributed by atoms with Gasteiger partial charge in [0.05, 0.1) is 27.6 Å². The molecule has 0 unspecified atom stereocenters. The van der Waals surface area contributed by atoms with Crippen LogP contribution < -0.4 is 16.0 Å². The average molecular weight is 445 g/mol. The fraction of sp³-hybridized carbons (Fsp3) is 0.222. The lowest BCUT2D eigenvalue weighted by Gasteiger charge is -2.11. The van der Waals surface area contributed by atoms with Crippen molar-refractivity contribution in [3.05, 3.63) is 68.7 Å². The number of nitro benzene ring substituents is 1. The lowest BCUT2D eigenvalue weighted by molar-refractivity contribution is -0.384. The van der Waals surface area contributed by atoms with E-state index in [4.69, 9.17) is 11.6 Å². The van der Waals surface area contributed by atoms with Gasteiger partial charge in [0.2, 0.25) is 5.91 Å². The third-order valence-electron chi connectivity index (χ3n) is 3.81. The number of rotatable bonds is 8. The van der Waals surface area contributed by atoms with Gasteiger partial charge in [-0.15, -0.1) is 0 Å². The molecule has 30 heavy (non-hydrogen) atoms. The Kier molecular flexibility index (Phi) is 7.59. The first-order chi connectivity index (χ1) is 14.1. The van der Waals surface area contributed by atoms with Gasteiger partial charge in [0.1, 0.15) is 5.69 Å². The van der Waals surface area contributed by atoms with Crippen molar-refractivity contribution in [3.63, 3.8) is 0 Å². The number of nitro groups is 1. The lowest BCUT2D eigenvalue weighted by Crippen LogP contribution is -2.38. The maximum absolute atomic E-state index is 12.7. The zero-order valence-corrected chi connectivity index (χ0v) is 16.0. The summed E-state index contributed by atoms with van der Waals surface area (Å²) in [7, 11) is 0. The summed E-state index contributed by atoms with van der Waals surface area (Å²) in [5.74, 6) is -1.06. The van der Waals surface area contributed by atoms with Crippen molar-refractivity contribution >= 4 is 34.8 Å². The summed E-state index contributed by atoms with van der Waals surface area (Å²) in [5.41, 5.74) is -1.78. The van der Waals surface area contributed by atoms with Gasteiger partial charge in [-0.05, 0) is 24.3 Å². The normalized spacial score (nSPS) is 10.9. The number of hydrogen-bond acceptors (Lipinski definition) is 5. The molecule has 0 heterocycles. The first-order valence-corrected chi connectivity index (χ1v) is 8.86. The van der Waals surface area contributed by atoms with Gasteiger partial charge in [-0.1, -0.05) is 23.7 Å². The molecule has 2 aromatic carbocycles. The molecule has 0 radical (unpaired) electrons. The maximum atomic E-state index is 12.7. The van der Waals surface area contributed by atoms with Gasteiger partial charge in [-0.3, -0.25) is 19.7 Å². The van der Waals surface area contributed by atoms with Gasteiger partial charge in [-0.25, -0.2) is 0 Å². The first-order valence-electron chi connectivity index (χ1n) is 8.48. The molecule has 160 valence electrons. The summed E-state index contributed by atoms with van der Waals surface area (Å²) in [6.07, 6.45) is -4.70. The molecule has 8 nitrogen and oxygen atoms in total. The van der Waals surface area contributed by atoms with Gasteiger partial charge < -0.3 is 16.0 Å². The molecule has 0 spiro atoms. The second-order valence-corrected chi connectivity index (χ2v) is 6.33. The van der Waals surface area contributed by atoms with Crippen molar-refractivity contribution in [1.29, 1.82) is 0 Å². The monoisotopic (exact) mass is 444 g/mol. The molecular formula is C18H16ClF3N4O4. The second kappa shape index (κ2) is 9.92. The number of nitrogens with zero attached hydrogens (tertiary/aromatic N) is 1. The van der Waals surface area contributed by atoms with Gasteiger partial charge in [0.15, 0.2) is 0 Å². The molecule has 0 saturated carbocycles. The molecule has 0 aliphatic rings. The summed E-state index contributed by atoms with van der Waals surface area (Å²) < 4.78 is 38.1. The second-order valence-electron chi connectivity index (χ2n) is 5.93. The summed E-state index contributed by atoms with van der Waals surface area (Å²) in [6.45, 7) is -0.306.